The van der Waals surface area contributed by atoms with E-state index in [2.05, 4.69) is 10.3 Å². The van der Waals surface area contributed by atoms with Crippen LogP contribution < -0.4 is 28.3 Å². The van der Waals surface area contributed by atoms with Crippen molar-refractivity contribution < 1.29 is 37.9 Å². The summed E-state index contributed by atoms with van der Waals surface area (Å²) in [7, 11) is 1.72. The van der Waals surface area contributed by atoms with E-state index in [0.29, 0.717) is 35.4 Å². The molecule has 0 spiro atoms. The molecule has 0 radical (unpaired) electrons. The first-order valence-corrected chi connectivity index (χ1v) is 15.7. The van der Waals surface area contributed by atoms with Gasteiger partial charge < -0.3 is 24.5 Å². The molecule has 1 aliphatic rings. The van der Waals surface area contributed by atoms with E-state index < -0.39 is 6.09 Å². The number of hydrogen-bond acceptors (Lipinski definition) is 4. The Morgan fingerprint density at radius 3 is 2.36 bits per heavy atom. The van der Waals surface area contributed by atoms with E-state index >= 15 is 0 Å². The number of rotatable bonds is 14. The third-order valence-corrected chi connectivity index (χ3v) is 8.17. The molecule has 1 aromatic heterocycles. The molecule has 1 aliphatic heterocycles. The number of nitrogens with one attached hydrogen (secondary N) is 1. The number of hydrogen-bond donors (Lipinski definition) is 1. The first-order valence-electron chi connectivity index (χ1n) is 14.9. The van der Waals surface area contributed by atoms with Crippen LogP contribution in [0.25, 0.3) is 16.2 Å². The summed E-state index contributed by atoms with van der Waals surface area (Å²) in [5.41, 5.74) is 4.09. The molecule has 1 atom stereocenters. The molecule has 7 nitrogen and oxygen atoms in total. The molecule has 1 N–H and O–H groups in total. The van der Waals surface area contributed by atoms with Crippen LogP contribution in [0.2, 0.25) is 10.0 Å². The van der Waals surface area contributed by atoms with Crippen molar-refractivity contribution in [3.05, 3.63) is 98.9 Å². The Morgan fingerprint density at radius 2 is 1.59 bits per heavy atom. The van der Waals surface area contributed by atoms with Crippen LogP contribution in [0.1, 0.15) is 55.0 Å². The molecule has 228 valence electrons. The monoisotopic (exact) mass is 629 g/mol. The molecular formula is C34H38Cl2LiN3O4. The predicted molar refractivity (Wildman–Crippen MR) is 173 cm³/mol. The third-order valence-electron chi connectivity index (χ3n) is 7.68. The largest absolute Gasteiger partial charge is 1.00 e. The molecule has 0 aliphatic carbocycles. The minimum atomic E-state index is -0.419. The molecule has 1 unspecified atom stereocenters. The maximum absolute atomic E-state index is 13.5. The van der Waals surface area contributed by atoms with E-state index in [1.165, 1.54) is 5.56 Å². The summed E-state index contributed by atoms with van der Waals surface area (Å²) in [6, 6.07) is 20.3. The number of ether oxygens (including phenoxy) is 3. The number of aromatic nitrogens is 1. The van der Waals surface area contributed by atoms with Gasteiger partial charge in [-0.2, -0.15) is 0 Å². The van der Waals surface area contributed by atoms with Crippen LogP contribution in [-0.2, 0) is 11.2 Å². The molecule has 2 heterocycles. The van der Waals surface area contributed by atoms with Crippen LogP contribution >= 0.6 is 23.2 Å². The molecule has 44 heavy (non-hydrogen) atoms. The second kappa shape index (κ2) is 17.2. The molecule has 5 rings (SSSR count). The number of amides is 1. The molecule has 1 amide bonds. The summed E-state index contributed by atoms with van der Waals surface area (Å²) in [6.07, 6.45) is 5.64. The first kappa shape index (κ1) is 34.2. The SMILES string of the molecule is COCCC[N-]CCCCCCOc1ccc(C2c3[nH]c4ccc(Cl)cc4c3CCN2C(=O)Oc2ccc(Cl)cc2)cc1.[Li+]. The second-order valence-electron chi connectivity index (χ2n) is 10.7. The summed E-state index contributed by atoms with van der Waals surface area (Å²) in [5.74, 6) is 1.26. The van der Waals surface area contributed by atoms with Crippen LogP contribution in [0.5, 0.6) is 11.5 Å². The van der Waals surface area contributed by atoms with Crippen LogP contribution in [-0.4, -0.2) is 55.9 Å². The summed E-state index contributed by atoms with van der Waals surface area (Å²) in [4.78, 5) is 18.9. The Labute approximate surface area is 281 Å². The standard InChI is InChI=1S/C34H38Cl2N3O4.Li/c1-41-21-6-19-37-18-4-2-3-5-22-42-27-12-7-24(8-13-27)33-32-29(30-23-26(36)11-16-31(30)38-32)17-20-39(33)34(40)43-28-14-9-25(35)10-15-28;/h7-16,23,33,38H,2-6,17-22H2,1H3;/q-1;+1. The maximum Gasteiger partial charge on any atom is 1.00 e. The number of benzene rings is 3. The van der Waals surface area contributed by atoms with Crippen LogP contribution in [0.4, 0.5) is 4.79 Å². The molecule has 0 fully saturated rings. The van der Waals surface area contributed by atoms with E-state index in [1.807, 2.05) is 42.5 Å². The van der Waals surface area contributed by atoms with Gasteiger partial charge in [0, 0.05) is 46.9 Å². The molecular weight excluding hydrogens is 592 g/mol. The summed E-state index contributed by atoms with van der Waals surface area (Å²) in [6.45, 7) is 3.74. The van der Waals surface area contributed by atoms with Gasteiger partial charge in [-0.15, -0.1) is 13.1 Å². The minimum absolute atomic E-state index is 0. The predicted octanol–water partition coefficient (Wildman–Crippen LogP) is 5.97. The van der Waals surface area contributed by atoms with Crippen molar-refractivity contribution >= 4 is 40.2 Å². The van der Waals surface area contributed by atoms with Gasteiger partial charge in [-0.1, -0.05) is 54.6 Å². The minimum Gasteiger partial charge on any atom is -0.662 e. The van der Waals surface area contributed by atoms with Gasteiger partial charge in [0.2, 0.25) is 0 Å². The Bertz CT molecular complexity index is 1480. The van der Waals surface area contributed by atoms with Crippen LogP contribution in [0, 0.1) is 0 Å². The van der Waals surface area contributed by atoms with E-state index in [4.69, 9.17) is 37.4 Å². The average molecular weight is 631 g/mol. The fourth-order valence-corrected chi connectivity index (χ4v) is 5.81. The Morgan fingerprint density at radius 1 is 0.886 bits per heavy atom. The van der Waals surface area contributed by atoms with Gasteiger partial charge in [0.25, 0.3) is 0 Å². The summed E-state index contributed by atoms with van der Waals surface area (Å²) >= 11 is 12.4. The van der Waals surface area contributed by atoms with Gasteiger partial charge in [0.15, 0.2) is 0 Å². The number of H-pyrrole nitrogens is 1. The van der Waals surface area contributed by atoms with Gasteiger partial charge in [0.05, 0.1) is 6.61 Å². The number of carbonyl (C=O) groups excluding carboxylic acids is 1. The van der Waals surface area contributed by atoms with Crippen molar-refractivity contribution in [2.24, 2.45) is 0 Å². The third kappa shape index (κ3) is 8.97. The molecule has 4 aromatic rings. The van der Waals surface area contributed by atoms with Crippen molar-refractivity contribution in [1.29, 1.82) is 0 Å². The number of fused-ring (bicyclic) bond motifs is 3. The van der Waals surface area contributed by atoms with E-state index in [1.54, 1.807) is 36.3 Å². The zero-order chi connectivity index (χ0) is 30.0. The normalized spacial score (nSPS) is 14.2. The van der Waals surface area contributed by atoms with Gasteiger partial charge in [-0.3, -0.25) is 4.90 Å². The van der Waals surface area contributed by atoms with E-state index in [9.17, 15) is 4.79 Å². The molecule has 3 aromatic carbocycles. The van der Waals surface area contributed by atoms with Crippen molar-refractivity contribution in [2.45, 2.75) is 44.6 Å². The van der Waals surface area contributed by atoms with Crippen molar-refractivity contribution in [2.75, 3.05) is 40.0 Å². The molecule has 0 saturated carbocycles. The number of halogens is 2. The van der Waals surface area contributed by atoms with Gasteiger partial charge in [-0.25, -0.2) is 4.79 Å². The number of unbranched alkanes of at least 4 members (excludes halogenated alkanes) is 3. The van der Waals surface area contributed by atoms with Gasteiger partial charge in [-0.05, 0) is 85.0 Å². The zero-order valence-electron chi connectivity index (χ0n) is 25.5. The smallest absolute Gasteiger partial charge is 0.662 e. The average Bonchev–Trinajstić information content (AvgIpc) is 3.38. The molecule has 0 bridgehead atoms. The quantitative estimate of drug-likeness (QED) is 0.138. The van der Waals surface area contributed by atoms with Crippen molar-refractivity contribution in [3.63, 3.8) is 0 Å². The molecule has 10 heteroatoms. The van der Waals surface area contributed by atoms with Crippen LogP contribution in [0.15, 0.2) is 66.7 Å². The zero-order valence-corrected chi connectivity index (χ0v) is 27.0. The second-order valence-corrected chi connectivity index (χ2v) is 11.6. The number of nitrogens with zero attached hydrogens (tertiary/aromatic N) is 2. The van der Waals surface area contributed by atoms with Crippen molar-refractivity contribution in [1.82, 2.24) is 9.88 Å². The Hall–Kier alpha value is -2.63. The summed E-state index contributed by atoms with van der Waals surface area (Å²) < 4.78 is 16.9. The number of carbonyl (C=O) groups is 1. The van der Waals surface area contributed by atoms with Gasteiger partial charge >= 0.3 is 25.0 Å². The van der Waals surface area contributed by atoms with Crippen molar-refractivity contribution in [3.8, 4) is 11.5 Å². The number of aromatic amines is 1. The molecule has 0 saturated heterocycles. The Balaban J connectivity index is 0.00000442. The van der Waals surface area contributed by atoms with Crippen LogP contribution in [0.3, 0.4) is 0 Å². The fourth-order valence-electron chi connectivity index (χ4n) is 5.51. The summed E-state index contributed by atoms with van der Waals surface area (Å²) in [5, 5.41) is 6.88. The van der Waals surface area contributed by atoms with E-state index in [0.717, 1.165) is 79.7 Å². The van der Waals surface area contributed by atoms with Gasteiger partial charge in [0.1, 0.15) is 17.5 Å². The first-order chi connectivity index (χ1) is 21.0. The van der Waals surface area contributed by atoms with E-state index in [-0.39, 0.29) is 24.9 Å². The topological polar surface area (TPSA) is 77.9 Å². The maximum atomic E-state index is 13.5. The Kier molecular flexibility index (Phi) is 13.4. The number of methoxy groups -OCH3 is 1. The fraction of sp³-hybridized carbons (Fsp3) is 0.382.